The van der Waals surface area contributed by atoms with Crippen LogP contribution in [0.1, 0.15) is 48.4 Å². The largest absolute Gasteiger partial charge is 0.378 e. The topological polar surface area (TPSA) is 63.1 Å². The Hall–Kier alpha value is -2.86. The molecule has 1 unspecified atom stereocenters. The molecule has 29 heavy (non-hydrogen) atoms. The van der Waals surface area contributed by atoms with Gasteiger partial charge in [0.15, 0.2) is 5.82 Å². The lowest BCUT2D eigenvalue weighted by molar-refractivity contribution is 0.0984. The van der Waals surface area contributed by atoms with E-state index in [0.717, 1.165) is 28.5 Å². The summed E-state index contributed by atoms with van der Waals surface area (Å²) in [6.45, 7) is 8.66. The number of hydrogen-bond donors (Lipinski definition) is 1. The Morgan fingerprint density at radius 3 is 2.79 bits per heavy atom. The fraction of sp³-hybridized carbons (Fsp3) is 0.318. The predicted molar refractivity (Wildman–Crippen MR) is 116 cm³/mol. The first-order chi connectivity index (χ1) is 13.8. The van der Waals surface area contributed by atoms with Crippen LogP contribution >= 0.6 is 11.6 Å². The van der Waals surface area contributed by atoms with Gasteiger partial charge in [0.05, 0.1) is 22.1 Å². The number of nitrogens with one attached hydrogen (secondary N) is 1. The van der Waals surface area contributed by atoms with Crippen LogP contribution in [0.15, 0.2) is 42.7 Å². The van der Waals surface area contributed by atoms with Gasteiger partial charge in [-0.05, 0) is 43.7 Å². The monoisotopic (exact) mass is 409 g/mol. The van der Waals surface area contributed by atoms with Crippen molar-refractivity contribution >= 4 is 28.9 Å². The van der Waals surface area contributed by atoms with E-state index in [1.165, 1.54) is 0 Å². The van der Waals surface area contributed by atoms with Crippen LogP contribution in [0.5, 0.6) is 0 Å². The first kappa shape index (κ1) is 19.5. The lowest BCUT2D eigenvalue weighted by atomic mass is 10.0. The van der Waals surface area contributed by atoms with Crippen molar-refractivity contribution < 1.29 is 4.79 Å². The first-order valence-electron chi connectivity index (χ1n) is 9.74. The standard InChI is InChI=1S/C22H24ClN5O/c1-13(2)21-24-12-28(26-21)16-9-8-14(3)17(10-16)22(29)27-11-15(4)25-20-18(23)6-5-7-19(20)27/h5-10,12-13,15,25H,11H2,1-4H3. The number of rotatable bonds is 3. The van der Waals surface area contributed by atoms with Gasteiger partial charge in [-0.2, -0.15) is 5.10 Å². The fourth-order valence-corrected chi connectivity index (χ4v) is 3.75. The van der Waals surface area contributed by atoms with Gasteiger partial charge < -0.3 is 10.2 Å². The van der Waals surface area contributed by atoms with Gasteiger partial charge in [-0.15, -0.1) is 0 Å². The maximum absolute atomic E-state index is 13.5. The molecule has 0 bridgehead atoms. The van der Waals surface area contributed by atoms with Crippen LogP contribution in [0, 0.1) is 6.92 Å². The van der Waals surface area contributed by atoms with E-state index in [9.17, 15) is 4.79 Å². The zero-order valence-corrected chi connectivity index (χ0v) is 17.7. The van der Waals surface area contributed by atoms with E-state index >= 15 is 0 Å². The van der Waals surface area contributed by atoms with Gasteiger partial charge in [-0.1, -0.05) is 37.6 Å². The molecule has 7 heteroatoms. The number of aryl methyl sites for hydroxylation is 1. The maximum Gasteiger partial charge on any atom is 0.258 e. The molecule has 3 aromatic rings. The molecule has 1 aromatic heterocycles. The van der Waals surface area contributed by atoms with Gasteiger partial charge in [0.2, 0.25) is 0 Å². The van der Waals surface area contributed by atoms with Crippen LogP contribution < -0.4 is 10.2 Å². The van der Waals surface area contributed by atoms with Crippen molar-refractivity contribution in [2.45, 2.75) is 39.7 Å². The lowest BCUT2D eigenvalue weighted by Crippen LogP contribution is -2.43. The molecule has 6 nitrogen and oxygen atoms in total. The van der Waals surface area contributed by atoms with Crippen molar-refractivity contribution in [3.05, 3.63) is 64.7 Å². The number of para-hydroxylation sites is 1. The Bertz CT molecular complexity index is 1070. The van der Waals surface area contributed by atoms with E-state index < -0.39 is 0 Å². The second kappa shape index (κ2) is 7.52. The van der Waals surface area contributed by atoms with Crippen molar-refractivity contribution in [2.24, 2.45) is 0 Å². The van der Waals surface area contributed by atoms with Gasteiger partial charge in [-0.3, -0.25) is 4.79 Å². The van der Waals surface area contributed by atoms with Crippen LogP contribution in [-0.4, -0.2) is 33.3 Å². The van der Waals surface area contributed by atoms with Gasteiger partial charge >= 0.3 is 0 Å². The molecule has 1 aliphatic heterocycles. The smallest absolute Gasteiger partial charge is 0.258 e. The molecule has 1 atom stereocenters. The molecule has 0 radical (unpaired) electrons. The predicted octanol–water partition coefficient (Wildman–Crippen LogP) is 4.81. The van der Waals surface area contributed by atoms with Crippen molar-refractivity contribution in [2.75, 3.05) is 16.8 Å². The number of carbonyl (C=O) groups is 1. The molecule has 2 heterocycles. The van der Waals surface area contributed by atoms with E-state index in [4.69, 9.17) is 11.6 Å². The molecule has 150 valence electrons. The Labute approximate surface area is 175 Å². The van der Waals surface area contributed by atoms with Crippen molar-refractivity contribution in [3.8, 4) is 5.69 Å². The number of hydrogen-bond acceptors (Lipinski definition) is 4. The molecule has 0 aliphatic carbocycles. The molecule has 4 rings (SSSR count). The number of amides is 1. The summed E-state index contributed by atoms with van der Waals surface area (Å²) < 4.78 is 1.72. The van der Waals surface area contributed by atoms with E-state index in [1.54, 1.807) is 15.9 Å². The molecule has 1 amide bonds. The van der Waals surface area contributed by atoms with Crippen molar-refractivity contribution in [1.82, 2.24) is 14.8 Å². The molecule has 1 N–H and O–H groups in total. The molecular weight excluding hydrogens is 386 g/mol. The van der Waals surface area contributed by atoms with Gasteiger partial charge in [0, 0.05) is 24.1 Å². The molecule has 0 spiro atoms. The number of halogens is 1. The quantitative estimate of drug-likeness (QED) is 0.674. The minimum absolute atomic E-state index is 0.0505. The summed E-state index contributed by atoms with van der Waals surface area (Å²) in [5.41, 5.74) is 3.97. The van der Waals surface area contributed by atoms with Crippen molar-refractivity contribution in [3.63, 3.8) is 0 Å². The molecule has 0 saturated carbocycles. The van der Waals surface area contributed by atoms with E-state index in [-0.39, 0.29) is 17.9 Å². The number of nitrogens with zero attached hydrogens (tertiary/aromatic N) is 4. The van der Waals surface area contributed by atoms with E-state index in [2.05, 4.69) is 29.2 Å². The molecular formula is C22H24ClN5O. The van der Waals surface area contributed by atoms with E-state index in [1.807, 2.05) is 50.2 Å². The average Bonchev–Trinajstić information content (AvgIpc) is 3.19. The van der Waals surface area contributed by atoms with Crippen LogP contribution in [0.3, 0.4) is 0 Å². The number of anilines is 2. The summed E-state index contributed by atoms with van der Waals surface area (Å²) in [6.07, 6.45) is 1.69. The molecule has 0 fully saturated rings. The summed E-state index contributed by atoms with van der Waals surface area (Å²) in [5, 5.41) is 8.53. The molecule has 1 aliphatic rings. The highest BCUT2D eigenvalue weighted by Crippen LogP contribution is 2.37. The number of aromatic nitrogens is 3. The van der Waals surface area contributed by atoms with E-state index in [0.29, 0.717) is 17.1 Å². The third-order valence-electron chi connectivity index (χ3n) is 5.12. The SMILES string of the molecule is Cc1ccc(-n2cnc(C(C)C)n2)cc1C(=O)N1CC(C)Nc2c(Cl)cccc21. The van der Waals surface area contributed by atoms with Crippen molar-refractivity contribution in [1.29, 1.82) is 0 Å². The average molecular weight is 410 g/mol. The summed E-state index contributed by atoms with van der Waals surface area (Å²) in [5.74, 6) is 0.967. The first-order valence-corrected chi connectivity index (χ1v) is 10.1. The third-order valence-corrected chi connectivity index (χ3v) is 5.43. The second-order valence-electron chi connectivity index (χ2n) is 7.80. The second-order valence-corrected chi connectivity index (χ2v) is 8.20. The minimum Gasteiger partial charge on any atom is -0.378 e. The minimum atomic E-state index is -0.0505. The Morgan fingerprint density at radius 2 is 2.07 bits per heavy atom. The highest BCUT2D eigenvalue weighted by atomic mass is 35.5. The Kier molecular flexibility index (Phi) is 5.04. The zero-order chi connectivity index (χ0) is 20.7. The lowest BCUT2D eigenvalue weighted by Gasteiger charge is -2.35. The van der Waals surface area contributed by atoms with Crippen LogP contribution in [0.25, 0.3) is 5.69 Å². The number of benzene rings is 2. The van der Waals surface area contributed by atoms with Gasteiger partial charge in [-0.25, -0.2) is 9.67 Å². The zero-order valence-electron chi connectivity index (χ0n) is 17.0. The summed E-state index contributed by atoms with van der Waals surface area (Å²) >= 11 is 6.37. The summed E-state index contributed by atoms with van der Waals surface area (Å²) in [6, 6.07) is 11.5. The number of carbonyl (C=O) groups excluding carboxylic acids is 1. The van der Waals surface area contributed by atoms with Crippen LogP contribution in [0.2, 0.25) is 5.02 Å². The number of fused-ring (bicyclic) bond motifs is 1. The van der Waals surface area contributed by atoms with Crippen LogP contribution in [0.4, 0.5) is 11.4 Å². The Morgan fingerprint density at radius 1 is 1.28 bits per heavy atom. The highest BCUT2D eigenvalue weighted by molar-refractivity contribution is 6.34. The third kappa shape index (κ3) is 3.60. The molecule has 0 saturated heterocycles. The maximum atomic E-state index is 13.5. The molecule has 2 aromatic carbocycles. The highest BCUT2D eigenvalue weighted by Gasteiger charge is 2.29. The normalized spacial score (nSPS) is 15.9. The summed E-state index contributed by atoms with van der Waals surface area (Å²) in [7, 11) is 0. The van der Waals surface area contributed by atoms with Gasteiger partial charge in [0.25, 0.3) is 5.91 Å². The van der Waals surface area contributed by atoms with Gasteiger partial charge in [0.1, 0.15) is 6.33 Å². The van der Waals surface area contributed by atoms with Crippen LogP contribution in [-0.2, 0) is 0 Å². The fourth-order valence-electron chi connectivity index (χ4n) is 3.53. The summed E-state index contributed by atoms with van der Waals surface area (Å²) in [4.78, 5) is 19.7. The Balaban J connectivity index is 1.73.